The molecule has 1 aromatic carbocycles. The Morgan fingerprint density at radius 3 is 2.41 bits per heavy atom. The van der Waals surface area contributed by atoms with Crippen molar-refractivity contribution in [2.24, 2.45) is 5.92 Å². The number of nitrogens with one attached hydrogen (secondary N) is 3. The first-order valence-electron chi connectivity index (χ1n) is 12.8. The molecule has 0 unspecified atom stereocenters. The molecule has 39 heavy (non-hydrogen) atoms. The number of amides is 2. The summed E-state index contributed by atoms with van der Waals surface area (Å²) < 4.78 is 5.50. The number of nitriles is 1. The molecule has 0 aliphatic carbocycles. The fourth-order valence-corrected chi connectivity index (χ4v) is 4.05. The molecule has 11 heteroatoms. The maximum absolute atomic E-state index is 13.1. The van der Waals surface area contributed by atoms with Gasteiger partial charge in [-0.3, -0.25) is 4.79 Å². The Morgan fingerprint density at radius 1 is 1.05 bits per heavy atom. The number of benzene rings is 1. The van der Waals surface area contributed by atoms with E-state index in [4.69, 9.17) is 10.00 Å². The minimum absolute atomic E-state index is 0.210. The van der Waals surface area contributed by atoms with E-state index in [1.807, 2.05) is 57.2 Å². The molecule has 202 valence electrons. The second-order valence-corrected chi connectivity index (χ2v) is 10.3. The van der Waals surface area contributed by atoms with Gasteiger partial charge in [-0.15, -0.1) is 0 Å². The molecule has 0 spiro atoms. The first-order chi connectivity index (χ1) is 18.7. The van der Waals surface area contributed by atoms with Crippen molar-refractivity contribution in [3.8, 4) is 6.07 Å². The normalized spacial score (nSPS) is 13.7. The third-order valence-electron chi connectivity index (χ3n) is 6.05. The largest absolute Gasteiger partial charge is 0.444 e. The summed E-state index contributed by atoms with van der Waals surface area (Å²) in [7, 11) is 0. The van der Waals surface area contributed by atoms with Crippen molar-refractivity contribution < 1.29 is 14.3 Å². The quantitative estimate of drug-likeness (QED) is 0.394. The molecular weight excluding hydrogens is 496 g/mol. The molecule has 2 aromatic heterocycles. The van der Waals surface area contributed by atoms with E-state index in [9.17, 15) is 9.59 Å². The zero-order valence-corrected chi connectivity index (χ0v) is 22.3. The Kier molecular flexibility index (Phi) is 8.56. The number of ether oxygens (including phenoxy) is 1. The number of aromatic nitrogens is 3. The van der Waals surface area contributed by atoms with Crippen molar-refractivity contribution in [2.45, 2.75) is 39.2 Å². The molecule has 1 aliphatic heterocycles. The lowest BCUT2D eigenvalue weighted by atomic mass is 9.97. The third kappa shape index (κ3) is 7.88. The van der Waals surface area contributed by atoms with Crippen LogP contribution in [0.1, 0.15) is 49.7 Å². The molecule has 0 saturated carbocycles. The molecule has 11 nitrogen and oxygen atoms in total. The van der Waals surface area contributed by atoms with Crippen LogP contribution in [0.15, 0.2) is 55.0 Å². The van der Waals surface area contributed by atoms with Gasteiger partial charge in [-0.25, -0.2) is 19.7 Å². The molecule has 3 aromatic rings. The van der Waals surface area contributed by atoms with E-state index >= 15 is 0 Å². The van der Waals surface area contributed by atoms with Crippen LogP contribution in [-0.2, 0) is 4.74 Å². The van der Waals surface area contributed by atoms with Gasteiger partial charge < -0.3 is 25.6 Å². The lowest BCUT2D eigenvalue weighted by molar-refractivity contribution is 0.0188. The predicted octanol–water partition coefficient (Wildman–Crippen LogP) is 4.80. The Morgan fingerprint density at radius 2 is 1.77 bits per heavy atom. The fraction of sp³-hybridized carbons (Fsp3) is 0.357. The Labute approximate surface area is 227 Å². The van der Waals surface area contributed by atoms with Crippen LogP contribution in [0.5, 0.6) is 0 Å². The number of anilines is 4. The lowest BCUT2D eigenvalue weighted by Crippen LogP contribution is -2.42. The smallest absolute Gasteiger partial charge is 0.410 e. The molecule has 3 heterocycles. The van der Waals surface area contributed by atoms with Crippen molar-refractivity contribution in [2.75, 3.05) is 35.6 Å². The van der Waals surface area contributed by atoms with Crippen LogP contribution in [0.3, 0.4) is 0 Å². The average molecular weight is 529 g/mol. The van der Waals surface area contributed by atoms with E-state index in [0.29, 0.717) is 54.1 Å². The van der Waals surface area contributed by atoms with Gasteiger partial charge in [-0.1, -0.05) is 18.2 Å². The summed E-state index contributed by atoms with van der Waals surface area (Å²) in [5, 5.41) is 18.3. The van der Waals surface area contributed by atoms with Crippen LogP contribution in [0.2, 0.25) is 0 Å². The Balaban J connectivity index is 1.45. The van der Waals surface area contributed by atoms with E-state index in [1.54, 1.807) is 11.0 Å². The average Bonchev–Trinajstić information content (AvgIpc) is 2.92. The number of rotatable bonds is 7. The van der Waals surface area contributed by atoms with Crippen LogP contribution < -0.4 is 16.0 Å². The summed E-state index contributed by atoms with van der Waals surface area (Å²) in [6, 6.07) is 12.9. The molecule has 2 amide bonds. The van der Waals surface area contributed by atoms with E-state index < -0.39 is 5.60 Å². The van der Waals surface area contributed by atoms with Gasteiger partial charge in [-0.05, 0) is 51.7 Å². The number of para-hydroxylation sites is 1. The summed E-state index contributed by atoms with van der Waals surface area (Å²) in [6.45, 7) is 7.43. The van der Waals surface area contributed by atoms with Gasteiger partial charge in [0.25, 0.3) is 5.91 Å². The van der Waals surface area contributed by atoms with Crippen LogP contribution in [-0.4, -0.2) is 57.1 Å². The first-order valence-corrected chi connectivity index (χ1v) is 12.8. The van der Waals surface area contributed by atoms with Crippen molar-refractivity contribution in [3.05, 3.63) is 66.2 Å². The molecule has 1 aliphatic rings. The minimum atomic E-state index is -0.525. The zero-order chi connectivity index (χ0) is 27.8. The third-order valence-corrected chi connectivity index (χ3v) is 6.05. The monoisotopic (exact) mass is 528 g/mol. The number of piperidine rings is 1. The molecule has 3 N–H and O–H groups in total. The maximum atomic E-state index is 13.1. The number of nitrogens with zero attached hydrogens (tertiary/aromatic N) is 5. The van der Waals surface area contributed by atoms with E-state index in [2.05, 4.69) is 30.9 Å². The van der Waals surface area contributed by atoms with Crippen LogP contribution in [0.4, 0.5) is 27.8 Å². The Hall–Kier alpha value is -4.72. The number of likely N-dealkylation sites (tertiary alicyclic amines) is 1. The zero-order valence-electron chi connectivity index (χ0n) is 22.3. The summed E-state index contributed by atoms with van der Waals surface area (Å²) in [5.41, 5.74) is 1.36. The van der Waals surface area contributed by atoms with Crippen molar-refractivity contribution >= 4 is 35.0 Å². The summed E-state index contributed by atoms with van der Waals surface area (Å²) in [5.74, 6) is 0.902. The maximum Gasteiger partial charge on any atom is 0.410 e. The van der Waals surface area contributed by atoms with Crippen LogP contribution in [0.25, 0.3) is 0 Å². The number of hydrogen-bond acceptors (Lipinski definition) is 9. The second-order valence-electron chi connectivity index (χ2n) is 10.3. The van der Waals surface area contributed by atoms with E-state index in [0.717, 1.165) is 12.8 Å². The van der Waals surface area contributed by atoms with E-state index in [1.165, 1.54) is 18.6 Å². The topological polar surface area (TPSA) is 145 Å². The van der Waals surface area contributed by atoms with E-state index in [-0.39, 0.29) is 17.7 Å². The fourth-order valence-electron chi connectivity index (χ4n) is 4.05. The van der Waals surface area contributed by atoms with Gasteiger partial charge in [0.2, 0.25) is 0 Å². The van der Waals surface area contributed by atoms with Gasteiger partial charge in [0.05, 0.1) is 23.6 Å². The molecule has 0 atom stereocenters. The highest BCUT2D eigenvalue weighted by molar-refractivity contribution is 6.08. The van der Waals surface area contributed by atoms with Crippen LogP contribution in [0, 0.1) is 17.2 Å². The molecule has 1 fully saturated rings. The van der Waals surface area contributed by atoms with Gasteiger partial charge >= 0.3 is 6.09 Å². The van der Waals surface area contributed by atoms with Crippen molar-refractivity contribution in [1.82, 2.24) is 19.9 Å². The van der Waals surface area contributed by atoms with Gasteiger partial charge in [0.15, 0.2) is 5.69 Å². The minimum Gasteiger partial charge on any atom is -0.444 e. The lowest BCUT2D eigenvalue weighted by Gasteiger charge is -2.33. The highest BCUT2D eigenvalue weighted by Gasteiger charge is 2.27. The molecular formula is C28H32N8O3. The highest BCUT2D eigenvalue weighted by atomic mass is 16.6. The number of carbonyl (C=O) groups is 2. The number of carbonyl (C=O) groups excluding carboxylic acids is 2. The van der Waals surface area contributed by atoms with Gasteiger partial charge in [-0.2, -0.15) is 5.26 Å². The summed E-state index contributed by atoms with van der Waals surface area (Å²) in [4.78, 5) is 39.9. The molecule has 0 bridgehead atoms. The molecule has 4 rings (SSSR count). The number of pyridine rings is 1. The second kappa shape index (κ2) is 12.2. The number of hydrogen-bond donors (Lipinski definition) is 3. The molecule has 1 saturated heterocycles. The van der Waals surface area contributed by atoms with Gasteiger partial charge in [0, 0.05) is 37.6 Å². The summed E-state index contributed by atoms with van der Waals surface area (Å²) >= 11 is 0. The summed E-state index contributed by atoms with van der Waals surface area (Å²) in [6.07, 6.45) is 5.66. The Bertz CT molecular complexity index is 1330. The van der Waals surface area contributed by atoms with Crippen LogP contribution >= 0.6 is 0 Å². The SMILES string of the molecule is CC(C)(C)OC(=O)N1CCC(CNc2cc(Nc3cnc(C#N)cn3)ncc2C(=O)Nc2ccccc2)CC1. The predicted molar refractivity (Wildman–Crippen MR) is 148 cm³/mol. The van der Waals surface area contributed by atoms with Crippen molar-refractivity contribution in [1.29, 1.82) is 5.26 Å². The van der Waals surface area contributed by atoms with Crippen molar-refractivity contribution in [3.63, 3.8) is 0 Å². The first kappa shape index (κ1) is 27.3. The van der Waals surface area contributed by atoms with Gasteiger partial charge in [0.1, 0.15) is 23.3 Å². The molecule has 0 radical (unpaired) electrons. The standard InChI is InChI=1S/C28H32N8O3/c1-28(2,3)39-27(38)36-11-9-19(10-12-36)15-31-23-13-24(35-25-18-30-21(14-29)16-32-25)33-17-22(23)26(37)34-20-7-5-4-6-8-20/h4-8,13,16-19H,9-12,15H2,1-3H3,(H,34,37)(H2,31,32,33,35). The highest BCUT2D eigenvalue weighted by Crippen LogP contribution is 2.25.